The zero-order valence-corrected chi connectivity index (χ0v) is 13.1. The van der Waals surface area contributed by atoms with Crippen LogP contribution >= 0.6 is 20.2 Å². The van der Waals surface area contributed by atoms with Crippen molar-refractivity contribution in [3.8, 4) is 0 Å². The molecule has 0 saturated carbocycles. The Bertz CT molecular complexity index is 649. The summed E-state index contributed by atoms with van der Waals surface area (Å²) in [6.45, 7) is 2.59. The van der Waals surface area contributed by atoms with E-state index in [0.717, 1.165) is 12.1 Å². The second-order valence-corrected chi connectivity index (χ2v) is 10.1. The van der Waals surface area contributed by atoms with Gasteiger partial charge in [-0.2, -0.15) is 0 Å². The molecule has 22 heavy (non-hydrogen) atoms. The number of allylic oxidation sites excluding steroid dienone is 1. The fourth-order valence-corrected chi connectivity index (χ4v) is 6.98. The van der Waals surface area contributed by atoms with Crippen molar-refractivity contribution in [2.75, 3.05) is 0 Å². The van der Waals surface area contributed by atoms with E-state index in [2.05, 4.69) is 9.09 Å². The van der Waals surface area contributed by atoms with Crippen molar-refractivity contribution in [3.63, 3.8) is 0 Å². The molecule has 1 aromatic rings. The Morgan fingerprint density at radius 3 is 1.86 bits per heavy atom. The van der Waals surface area contributed by atoms with Gasteiger partial charge in [0.1, 0.15) is 0 Å². The molecule has 0 bridgehead atoms. The molecule has 1 aromatic carbocycles. The molecular weight excluding hydrogens is 460 g/mol. The Kier molecular flexibility index (Phi) is 5.50. The molecule has 12 heteroatoms. The first-order valence-electron chi connectivity index (χ1n) is 4.98. The first-order valence-corrected chi connectivity index (χ1v) is 9.43. The van der Waals surface area contributed by atoms with E-state index in [9.17, 15) is 39.2 Å². The van der Waals surface area contributed by atoms with Crippen LogP contribution in [0.1, 0.15) is 0 Å². The van der Waals surface area contributed by atoms with E-state index in [1.165, 1.54) is 0 Å². The number of rotatable bonds is 4. The minimum atomic E-state index is -6.25. The van der Waals surface area contributed by atoms with Crippen LogP contribution in [0.25, 0.3) is 0 Å². The molecule has 0 heterocycles. The van der Waals surface area contributed by atoms with Gasteiger partial charge < -0.3 is 0 Å². The Balaban J connectivity index is 3.30. The number of benzene rings is 1. The van der Waals surface area contributed by atoms with Crippen molar-refractivity contribution in [2.24, 2.45) is 0 Å². The molecular formula is C10H6F7IO3S. The molecule has 126 valence electrons. The summed E-state index contributed by atoms with van der Waals surface area (Å²) in [5.74, 6) is -0.865. The summed E-state index contributed by atoms with van der Waals surface area (Å²) >= 11 is -4.56. The van der Waals surface area contributed by atoms with E-state index < -0.39 is 55.0 Å². The van der Waals surface area contributed by atoms with Crippen LogP contribution in [0, 0.1) is 9.39 Å². The topological polar surface area (TPSA) is 43.4 Å². The maximum absolute atomic E-state index is 12.7. The van der Waals surface area contributed by atoms with Crippen molar-refractivity contribution in [2.45, 2.75) is 11.7 Å². The fourth-order valence-electron chi connectivity index (χ4n) is 0.966. The molecule has 0 saturated heterocycles. The van der Waals surface area contributed by atoms with Gasteiger partial charge >= 0.3 is 128 Å². The fraction of sp³-hybridized carbons (Fsp3) is 0.200. The van der Waals surface area contributed by atoms with Crippen LogP contribution in [0.5, 0.6) is 0 Å². The van der Waals surface area contributed by atoms with Gasteiger partial charge in [0, 0.05) is 0 Å². The van der Waals surface area contributed by atoms with E-state index in [1.54, 1.807) is 0 Å². The van der Waals surface area contributed by atoms with Crippen LogP contribution < -0.4 is 0 Å². The van der Waals surface area contributed by atoms with Gasteiger partial charge in [-0.1, -0.05) is 0 Å². The van der Waals surface area contributed by atoms with Crippen LogP contribution in [0.4, 0.5) is 30.7 Å². The molecule has 1 rings (SSSR count). The Labute approximate surface area is 127 Å². The van der Waals surface area contributed by atoms with Crippen LogP contribution in [-0.2, 0) is 12.6 Å². The average molecular weight is 466 g/mol. The third-order valence-electron chi connectivity index (χ3n) is 1.95. The molecule has 0 unspecified atom stereocenters. The monoisotopic (exact) mass is 466 g/mol. The molecule has 0 aromatic heterocycles. The predicted molar refractivity (Wildman–Crippen MR) is 70.4 cm³/mol. The van der Waals surface area contributed by atoms with E-state index in [-0.39, 0.29) is 0 Å². The summed E-state index contributed by atoms with van der Waals surface area (Å²) in [5.41, 5.74) is -5.88. The zero-order valence-electron chi connectivity index (χ0n) is 10.2. The second kappa shape index (κ2) is 6.31. The van der Waals surface area contributed by atoms with Gasteiger partial charge in [-0.3, -0.25) is 0 Å². The van der Waals surface area contributed by atoms with Gasteiger partial charge in [0.2, 0.25) is 0 Å². The molecule has 0 N–H and O–H groups in total. The van der Waals surface area contributed by atoms with E-state index in [1.807, 2.05) is 0 Å². The summed E-state index contributed by atoms with van der Waals surface area (Å²) in [7, 11) is -6.25. The van der Waals surface area contributed by atoms with Gasteiger partial charge in [-0.25, -0.2) is 0 Å². The van der Waals surface area contributed by atoms with Crippen LogP contribution in [-0.4, -0.2) is 20.1 Å². The molecule has 0 fully saturated rings. The van der Waals surface area contributed by atoms with Gasteiger partial charge in [-0.15, -0.1) is 0 Å². The molecule has 0 radical (unpaired) electrons. The van der Waals surface area contributed by atoms with Gasteiger partial charge in [0.15, 0.2) is 0 Å². The Morgan fingerprint density at radius 1 is 1.05 bits per heavy atom. The molecule has 0 aliphatic carbocycles. The maximum atomic E-state index is 12.7. The molecule has 0 amide bonds. The third-order valence-corrected chi connectivity index (χ3v) is 8.95. The quantitative estimate of drug-likeness (QED) is 0.377. The van der Waals surface area contributed by atoms with Crippen molar-refractivity contribution >= 4 is 30.4 Å². The molecule has 3 nitrogen and oxygen atoms in total. The molecule has 0 aliphatic rings. The number of halogens is 8. The van der Waals surface area contributed by atoms with Gasteiger partial charge in [0.05, 0.1) is 0 Å². The molecule has 0 aliphatic heterocycles. The average Bonchev–Trinajstić information content (AvgIpc) is 2.34. The molecule has 0 spiro atoms. The van der Waals surface area contributed by atoms with Crippen molar-refractivity contribution in [1.29, 1.82) is 0 Å². The zero-order chi connectivity index (χ0) is 17.3. The summed E-state index contributed by atoms with van der Waals surface area (Å²) < 4.78 is 111. The number of alkyl halides is 6. The normalized spacial score (nSPS) is 13.9. The van der Waals surface area contributed by atoms with Crippen LogP contribution in [0.2, 0.25) is 0 Å². The van der Waals surface area contributed by atoms with E-state index >= 15 is 0 Å². The van der Waals surface area contributed by atoms with E-state index in [0.29, 0.717) is 12.1 Å². The van der Waals surface area contributed by atoms with Crippen molar-refractivity contribution < 1.29 is 41.7 Å². The third kappa shape index (κ3) is 4.55. The number of hydrogen-bond acceptors (Lipinski definition) is 3. The van der Waals surface area contributed by atoms with Gasteiger partial charge in [-0.05, 0) is 0 Å². The minimum absolute atomic E-state index is 0.499. The summed E-state index contributed by atoms with van der Waals surface area (Å²) in [4.78, 5) is 0. The summed E-state index contributed by atoms with van der Waals surface area (Å²) in [6, 6.07) is 2.80. The van der Waals surface area contributed by atoms with Gasteiger partial charge in [0.25, 0.3) is 0 Å². The first-order chi connectivity index (χ1) is 9.75. The van der Waals surface area contributed by atoms with Crippen molar-refractivity contribution in [1.82, 2.24) is 0 Å². The van der Waals surface area contributed by atoms with Crippen LogP contribution in [0.15, 0.2) is 34.4 Å². The standard InChI is InChI=1S/C10H6F7IO3S/c1-6(9(12,13)14)18(8-4-2-7(11)3-5-8)21-22(19,20)10(15,16)17/h2-5H,1H2. The molecule has 0 atom stereocenters. The Hall–Kier alpha value is -0.890. The van der Waals surface area contributed by atoms with Crippen LogP contribution in [0.3, 0.4) is 0 Å². The Morgan fingerprint density at radius 2 is 1.50 bits per heavy atom. The SMILES string of the molecule is C=C(I(OS(=O)(=O)C(F)(F)F)c1ccc(F)cc1)C(F)(F)F. The van der Waals surface area contributed by atoms with E-state index in [4.69, 9.17) is 0 Å². The van der Waals surface area contributed by atoms with Crippen molar-refractivity contribution in [3.05, 3.63) is 43.8 Å². The first kappa shape index (κ1) is 19.2. The summed E-state index contributed by atoms with van der Waals surface area (Å²) in [5, 5.41) is 0. The number of hydrogen-bond donors (Lipinski definition) is 0. The predicted octanol–water partition coefficient (Wildman–Crippen LogP) is 4.36. The second-order valence-electron chi connectivity index (χ2n) is 3.55. The summed E-state index contributed by atoms with van der Waals surface area (Å²) in [6.07, 6.45) is -5.15.